The summed E-state index contributed by atoms with van der Waals surface area (Å²) in [5, 5.41) is 16.7. The van der Waals surface area contributed by atoms with E-state index < -0.39 is 35.4 Å². The van der Waals surface area contributed by atoms with Crippen LogP contribution >= 0.6 is 11.6 Å². The van der Waals surface area contributed by atoms with Gasteiger partial charge < -0.3 is 10.4 Å². The van der Waals surface area contributed by atoms with E-state index in [1.54, 1.807) is 25.1 Å². The third-order valence-electron chi connectivity index (χ3n) is 5.96. The van der Waals surface area contributed by atoms with E-state index in [0.29, 0.717) is 29.2 Å². The zero-order chi connectivity index (χ0) is 19.5. The van der Waals surface area contributed by atoms with Crippen LogP contribution in [0.3, 0.4) is 0 Å². The number of likely N-dealkylation sites (tertiary alicyclic amines) is 1. The lowest BCUT2D eigenvalue weighted by molar-refractivity contribution is -0.143. The van der Waals surface area contributed by atoms with Crippen molar-refractivity contribution >= 4 is 35.0 Å². The number of rotatable bonds is 4. The quantitative estimate of drug-likeness (QED) is 0.671. The topological polar surface area (TPSA) is 98.7 Å². The van der Waals surface area contributed by atoms with Gasteiger partial charge in [-0.25, -0.2) is 0 Å². The van der Waals surface area contributed by atoms with E-state index in [4.69, 9.17) is 11.6 Å². The Balaban J connectivity index is 1.86. The molecule has 0 aliphatic carbocycles. The Morgan fingerprint density at radius 2 is 2.04 bits per heavy atom. The molecule has 3 aliphatic rings. The van der Waals surface area contributed by atoms with Crippen LogP contribution in [0.1, 0.15) is 32.3 Å². The monoisotopic (exact) mass is 391 g/mol. The van der Waals surface area contributed by atoms with Crippen molar-refractivity contribution in [1.82, 2.24) is 10.2 Å². The van der Waals surface area contributed by atoms with E-state index >= 15 is 0 Å². The fourth-order valence-corrected chi connectivity index (χ4v) is 4.89. The van der Waals surface area contributed by atoms with Crippen LogP contribution in [0.15, 0.2) is 18.2 Å². The normalized spacial score (nSPS) is 32.8. The Morgan fingerprint density at radius 3 is 2.70 bits per heavy atom. The number of amides is 3. The van der Waals surface area contributed by atoms with Gasteiger partial charge in [0.1, 0.15) is 5.54 Å². The highest BCUT2D eigenvalue weighted by Gasteiger charge is 2.70. The number of aliphatic hydroxyl groups excluding tert-OH is 1. The maximum absolute atomic E-state index is 13.2. The van der Waals surface area contributed by atoms with Gasteiger partial charge in [-0.3, -0.25) is 24.6 Å². The third-order valence-corrected chi connectivity index (χ3v) is 6.19. The molecule has 3 unspecified atom stereocenters. The molecule has 1 aromatic rings. The molecular weight excluding hydrogens is 370 g/mol. The van der Waals surface area contributed by atoms with Crippen LogP contribution in [0, 0.1) is 11.8 Å². The number of benzene rings is 1. The fourth-order valence-electron chi connectivity index (χ4n) is 4.71. The lowest BCUT2D eigenvalue weighted by atomic mass is 9.76. The van der Waals surface area contributed by atoms with E-state index in [9.17, 15) is 19.5 Å². The second-order valence-corrected chi connectivity index (χ2v) is 7.98. The lowest BCUT2D eigenvalue weighted by Gasteiger charge is -2.30. The smallest absolute Gasteiger partial charge is 0.250 e. The van der Waals surface area contributed by atoms with Crippen LogP contribution < -0.4 is 10.6 Å². The molecule has 0 radical (unpaired) electrons. The number of nitrogens with one attached hydrogen (secondary N) is 2. The number of fused-ring (bicyclic) bond motifs is 4. The zero-order valence-corrected chi connectivity index (χ0v) is 15.9. The second-order valence-electron chi connectivity index (χ2n) is 7.55. The van der Waals surface area contributed by atoms with Gasteiger partial charge in [-0.2, -0.15) is 0 Å². The molecule has 0 aromatic heterocycles. The SMILES string of the molecule is CCCCN1C(=O)[C@H]2C(C(C)O)NC3(C(=O)Nc4ccc(Cl)cc43)[C@H]2C1=O. The van der Waals surface area contributed by atoms with Gasteiger partial charge in [0.15, 0.2) is 0 Å². The molecule has 7 nitrogen and oxygen atoms in total. The number of imide groups is 1. The van der Waals surface area contributed by atoms with Gasteiger partial charge in [0.2, 0.25) is 17.7 Å². The van der Waals surface area contributed by atoms with Crippen molar-refractivity contribution in [3.8, 4) is 0 Å². The predicted molar refractivity (Wildman–Crippen MR) is 99.0 cm³/mol. The van der Waals surface area contributed by atoms with Gasteiger partial charge in [-0.1, -0.05) is 24.9 Å². The number of anilines is 1. The van der Waals surface area contributed by atoms with Gasteiger partial charge in [-0.15, -0.1) is 0 Å². The molecule has 0 saturated carbocycles. The van der Waals surface area contributed by atoms with Gasteiger partial charge in [0, 0.05) is 28.9 Å². The molecule has 0 bridgehead atoms. The average molecular weight is 392 g/mol. The summed E-state index contributed by atoms with van der Waals surface area (Å²) in [6.07, 6.45) is 0.635. The van der Waals surface area contributed by atoms with Crippen molar-refractivity contribution in [2.75, 3.05) is 11.9 Å². The van der Waals surface area contributed by atoms with Crippen LogP contribution in [0.2, 0.25) is 5.02 Å². The molecule has 144 valence electrons. The standard InChI is InChI=1S/C19H22ClN3O4/c1-3-4-7-23-16(25)13-14(17(23)26)19(22-15(13)9(2)24)11-8-10(20)5-6-12(11)21-18(19)27/h5-6,8-9,13-15,22,24H,3-4,7H2,1-2H3,(H,21,27)/t9?,13-,14-,15?,19?/m1/s1. The molecule has 3 aliphatic heterocycles. The molecule has 27 heavy (non-hydrogen) atoms. The van der Waals surface area contributed by atoms with Crippen molar-refractivity contribution in [3.63, 3.8) is 0 Å². The number of aliphatic hydroxyl groups is 1. The molecule has 2 saturated heterocycles. The summed E-state index contributed by atoms with van der Waals surface area (Å²) in [5.41, 5.74) is -0.286. The summed E-state index contributed by atoms with van der Waals surface area (Å²) in [4.78, 5) is 40.6. The number of hydrogen-bond acceptors (Lipinski definition) is 5. The van der Waals surface area contributed by atoms with E-state index in [2.05, 4.69) is 10.6 Å². The maximum Gasteiger partial charge on any atom is 0.250 e. The van der Waals surface area contributed by atoms with Crippen molar-refractivity contribution in [2.45, 2.75) is 44.4 Å². The first-order valence-electron chi connectivity index (χ1n) is 9.25. The van der Waals surface area contributed by atoms with Crippen molar-refractivity contribution < 1.29 is 19.5 Å². The fraction of sp³-hybridized carbons (Fsp3) is 0.526. The molecule has 2 fully saturated rings. The summed E-state index contributed by atoms with van der Waals surface area (Å²) < 4.78 is 0. The van der Waals surface area contributed by atoms with Crippen molar-refractivity contribution in [2.24, 2.45) is 11.8 Å². The van der Waals surface area contributed by atoms with E-state index in [0.717, 1.165) is 6.42 Å². The minimum Gasteiger partial charge on any atom is -0.392 e. The van der Waals surface area contributed by atoms with Crippen molar-refractivity contribution in [3.05, 3.63) is 28.8 Å². The molecular formula is C19H22ClN3O4. The number of carbonyl (C=O) groups is 3. The Kier molecular flexibility index (Phi) is 4.29. The zero-order valence-electron chi connectivity index (χ0n) is 15.2. The largest absolute Gasteiger partial charge is 0.392 e. The highest BCUT2D eigenvalue weighted by Crippen LogP contribution is 2.53. The molecule has 8 heteroatoms. The van der Waals surface area contributed by atoms with Crippen LogP contribution in [0.25, 0.3) is 0 Å². The van der Waals surface area contributed by atoms with Gasteiger partial charge in [0.25, 0.3) is 0 Å². The summed E-state index contributed by atoms with van der Waals surface area (Å²) in [6, 6.07) is 4.30. The average Bonchev–Trinajstić information content (AvgIpc) is 3.20. The summed E-state index contributed by atoms with van der Waals surface area (Å²) in [5.74, 6) is -2.77. The maximum atomic E-state index is 13.2. The third kappa shape index (κ3) is 2.38. The number of nitrogens with zero attached hydrogens (tertiary/aromatic N) is 1. The van der Waals surface area contributed by atoms with E-state index in [1.165, 1.54) is 4.90 Å². The Bertz CT molecular complexity index is 842. The molecule has 5 atom stereocenters. The first kappa shape index (κ1) is 18.4. The van der Waals surface area contributed by atoms with Crippen LogP contribution in [-0.4, -0.2) is 46.4 Å². The predicted octanol–water partition coefficient (Wildman–Crippen LogP) is 1.24. The van der Waals surface area contributed by atoms with E-state index in [-0.39, 0.29) is 11.8 Å². The van der Waals surface area contributed by atoms with Gasteiger partial charge in [-0.05, 0) is 31.5 Å². The Morgan fingerprint density at radius 1 is 1.30 bits per heavy atom. The number of unbranched alkanes of at least 4 members (excludes halogenated alkanes) is 1. The first-order chi connectivity index (χ1) is 12.8. The molecule has 1 spiro atoms. The molecule has 4 rings (SSSR count). The lowest BCUT2D eigenvalue weighted by Crippen LogP contribution is -2.54. The Labute approximate surface area is 162 Å². The summed E-state index contributed by atoms with van der Waals surface area (Å²) >= 11 is 6.16. The summed E-state index contributed by atoms with van der Waals surface area (Å²) in [7, 11) is 0. The minimum atomic E-state index is -1.40. The van der Waals surface area contributed by atoms with Crippen LogP contribution in [-0.2, 0) is 19.9 Å². The van der Waals surface area contributed by atoms with Crippen molar-refractivity contribution in [1.29, 1.82) is 0 Å². The van der Waals surface area contributed by atoms with E-state index in [1.807, 2.05) is 6.92 Å². The number of carbonyl (C=O) groups excluding carboxylic acids is 3. The molecule has 1 aromatic carbocycles. The first-order valence-corrected chi connectivity index (χ1v) is 9.63. The second kappa shape index (κ2) is 6.29. The van der Waals surface area contributed by atoms with Gasteiger partial charge >= 0.3 is 0 Å². The highest BCUT2D eigenvalue weighted by atomic mass is 35.5. The van der Waals surface area contributed by atoms with Gasteiger partial charge in [0.05, 0.1) is 17.9 Å². The van der Waals surface area contributed by atoms with Crippen LogP contribution in [0.4, 0.5) is 5.69 Å². The van der Waals surface area contributed by atoms with Crippen LogP contribution in [0.5, 0.6) is 0 Å². The molecule has 3 amide bonds. The highest BCUT2D eigenvalue weighted by molar-refractivity contribution is 6.31. The number of halogens is 1. The molecule has 3 heterocycles. The molecule has 3 N–H and O–H groups in total. The summed E-state index contributed by atoms with van der Waals surface area (Å²) in [6.45, 7) is 3.87. The Hall–Kier alpha value is -1.96. The minimum absolute atomic E-state index is 0.322. The number of hydrogen-bond donors (Lipinski definition) is 3.